The molecule has 0 unspecified atom stereocenters. The van der Waals surface area contributed by atoms with E-state index in [-0.39, 0.29) is 37.0 Å². The number of nitrogens with one attached hydrogen (secondary N) is 1. The van der Waals surface area contributed by atoms with Crippen LogP contribution in [0.5, 0.6) is 0 Å². The zero-order chi connectivity index (χ0) is 34.9. The first-order chi connectivity index (χ1) is 24.2. The van der Waals surface area contributed by atoms with Gasteiger partial charge in [-0.1, -0.05) is 24.3 Å². The summed E-state index contributed by atoms with van der Waals surface area (Å²) in [5, 5.41) is 12.9. The van der Waals surface area contributed by atoms with Crippen molar-refractivity contribution in [2.45, 2.75) is 82.5 Å². The van der Waals surface area contributed by atoms with Crippen molar-refractivity contribution >= 4 is 34.8 Å². The second-order valence-electron chi connectivity index (χ2n) is 14.3. The van der Waals surface area contributed by atoms with Gasteiger partial charge in [0.15, 0.2) is 11.7 Å². The van der Waals surface area contributed by atoms with E-state index in [1.807, 2.05) is 42.2 Å². The number of aromatic nitrogens is 1. The molecule has 3 saturated heterocycles. The molecule has 13 heteroatoms. The second-order valence-corrected chi connectivity index (χ2v) is 14.3. The van der Waals surface area contributed by atoms with Gasteiger partial charge in [0, 0.05) is 70.0 Å². The molecule has 5 heterocycles. The largest absolute Gasteiger partial charge is 0.436 e. The zero-order valence-corrected chi connectivity index (χ0v) is 29.0. The van der Waals surface area contributed by atoms with Crippen molar-refractivity contribution in [2.24, 2.45) is 7.05 Å². The molecular formula is C37H48N6O7. The van der Waals surface area contributed by atoms with Gasteiger partial charge in [-0.25, -0.2) is 14.4 Å². The lowest BCUT2D eigenvalue weighted by atomic mass is 9.99. The number of amides is 4. The van der Waals surface area contributed by atoms with Crippen LogP contribution in [0.25, 0.3) is 11.1 Å². The highest BCUT2D eigenvalue weighted by Gasteiger charge is 2.38. The molecule has 4 aliphatic heterocycles. The molecule has 0 bridgehead atoms. The molecule has 2 aromatic carbocycles. The Hall–Kier alpha value is -4.36. The molecule has 0 saturated carbocycles. The van der Waals surface area contributed by atoms with Gasteiger partial charge < -0.3 is 34.3 Å². The fourth-order valence-corrected chi connectivity index (χ4v) is 8.54. The summed E-state index contributed by atoms with van der Waals surface area (Å²) in [7, 11) is 1.66. The molecule has 2 N–H and O–H groups in total. The van der Waals surface area contributed by atoms with Gasteiger partial charge in [0.05, 0.1) is 12.1 Å². The number of nitrogens with zero attached hydrogens (tertiary/aromatic N) is 5. The number of anilines is 1. The highest BCUT2D eigenvalue weighted by molar-refractivity contribution is 5.91. The minimum absolute atomic E-state index is 0.0108. The number of benzene rings is 2. The van der Waals surface area contributed by atoms with E-state index in [9.17, 15) is 24.3 Å². The Morgan fingerprint density at radius 3 is 2.44 bits per heavy atom. The van der Waals surface area contributed by atoms with Crippen LogP contribution in [0.3, 0.4) is 0 Å². The third-order valence-electron chi connectivity index (χ3n) is 11.3. The first kappa shape index (κ1) is 34.1. The molecule has 4 amide bonds. The Morgan fingerprint density at radius 2 is 1.68 bits per heavy atom. The predicted octanol–water partition coefficient (Wildman–Crippen LogP) is 3.49. The molecule has 50 heavy (non-hydrogen) atoms. The summed E-state index contributed by atoms with van der Waals surface area (Å²) in [6, 6.07) is 11.9. The summed E-state index contributed by atoms with van der Waals surface area (Å²) in [5.74, 6) is -0.700. The van der Waals surface area contributed by atoms with Crippen molar-refractivity contribution < 1.29 is 28.6 Å². The molecule has 3 aromatic rings. The number of fused-ring (bicyclic) bond motifs is 2. The Bertz CT molecular complexity index is 1790. The summed E-state index contributed by atoms with van der Waals surface area (Å²) in [6.07, 6.45) is 4.18. The zero-order valence-electron chi connectivity index (χ0n) is 29.0. The number of hydrogen-bond acceptors (Lipinski definition) is 8. The molecule has 0 radical (unpaired) electrons. The number of aryl methyl sites for hydroxylation is 2. The van der Waals surface area contributed by atoms with Crippen molar-refractivity contribution in [2.75, 3.05) is 51.2 Å². The number of aliphatic hydroxyl groups excluding tert-OH is 1. The number of rotatable bonds is 7. The lowest BCUT2D eigenvalue weighted by Gasteiger charge is -2.40. The first-order valence-electron chi connectivity index (χ1n) is 18.1. The molecule has 2 atom stereocenters. The monoisotopic (exact) mass is 688 g/mol. The molecule has 0 spiro atoms. The number of oxazole rings is 1. The molecule has 1 aromatic heterocycles. The van der Waals surface area contributed by atoms with Gasteiger partial charge in [0.1, 0.15) is 0 Å². The third kappa shape index (κ3) is 6.85. The van der Waals surface area contributed by atoms with Gasteiger partial charge >= 0.3 is 17.9 Å². The van der Waals surface area contributed by atoms with Gasteiger partial charge in [0.2, 0.25) is 0 Å². The van der Waals surface area contributed by atoms with Crippen LogP contribution in [0.2, 0.25) is 0 Å². The van der Waals surface area contributed by atoms with E-state index in [0.717, 1.165) is 61.0 Å². The average Bonchev–Trinajstić information content (AvgIpc) is 3.67. The van der Waals surface area contributed by atoms with E-state index in [0.29, 0.717) is 62.7 Å². The topological polar surface area (TPSA) is 141 Å². The van der Waals surface area contributed by atoms with Crippen LogP contribution in [0.4, 0.5) is 15.3 Å². The number of para-hydroxylation sites is 1. The van der Waals surface area contributed by atoms with Gasteiger partial charge in [0.25, 0.3) is 5.91 Å². The Balaban J connectivity index is 1.03. The molecule has 268 valence electrons. The standard InChI is InChI=1S/C37H48N6O7/c1-24-20-25(21-31-33(24)39(2)36(47)49-31)22-32(34(45)40-15-10-27(11-16-40)42-14-5-7-29(42)23-44)50-37(48)41-17-12-28(13-18-41)43-19-9-26-6-3-4-8-30(26)38-35(43)46/h3-4,6,8,20-21,27-29,32,44H,5,7,9-19,22-23H2,1-2H3,(H,38,46)/t29-,32-/m1/s1. The summed E-state index contributed by atoms with van der Waals surface area (Å²) in [6.45, 7) is 5.53. The number of ether oxygens (including phenoxy) is 1. The van der Waals surface area contributed by atoms with E-state index < -0.39 is 18.0 Å². The Labute approximate surface area is 291 Å². The normalized spacial score (nSPS) is 21.6. The van der Waals surface area contributed by atoms with Gasteiger partial charge in [-0.3, -0.25) is 14.3 Å². The second kappa shape index (κ2) is 14.5. The van der Waals surface area contributed by atoms with E-state index in [2.05, 4.69) is 10.2 Å². The Morgan fingerprint density at radius 1 is 0.960 bits per heavy atom. The van der Waals surface area contributed by atoms with Crippen molar-refractivity contribution in [3.63, 3.8) is 0 Å². The van der Waals surface area contributed by atoms with Crippen molar-refractivity contribution in [1.29, 1.82) is 0 Å². The summed E-state index contributed by atoms with van der Waals surface area (Å²) >= 11 is 0. The van der Waals surface area contributed by atoms with E-state index in [1.165, 1.54) is 4.57 Å². The minimum Gasteiger partial charge on any atom is -0.436 e. The number of aliphatic hydroxyl groups is 1. The smallest absolute Gasteiger partial charge is 0.419 e. The maximum atomic E-state index is 14.1. The van der Waals surface area contributed by atoms with E-state index in [1.54, 1.807) is 22.9 Å². The number of urea groups is 1. The summed E-state index contributed by atoms with van der Waals surface area (Å²) in [5.41, 5.74) is 4.64. The molecule has 0 aliphatic carbocycles. The van der Waals surface area contributed by atoms with Crippen LogP contribution in [0.1, 0.15) is 55.2 Å². The SMILES string of the molecule is Cc1cc(C[C@@H](OC(=O)N2CCC(N3CCc4ccccc4NC3=O)CC2)C(=O)N2CCC(N3CCC[C@@H]3CO)CC2)cc2oc(=O)n(C)c12. The van der Waals surface area contributed by atoms with Gasteiger partial charge in [-0.2, -0.15) is 0 Å². The number of piperidine rings is 2. The van der Waals surface area contributed by atoms with Gasteiger partial charge in [-0.05, 0) is 87.2 Å². The fourth-order valence-electron chi connectivity index (χ4n) is 8.54. The van der Waals surface area contributed by atoms with Crippen molar-refractivity contribution in [1.82, 2.24) is 24.2 Å². The van der Waals surface area contributed by atoms with E-state index in [4.69, 9.17) is 9.15 Å². The lowest BCUT2D eigenvalue weighted by Crippen LogP contribution is -2.53. The minimum atomic E-state index is -1.06. The fraction of sp³-hybridized carbons (Fsp3) is 0.568. The van der Waals surface area contributed by atoms with E-state index >= 15 is 0 Å². The van der Waals surface area contributed by atoms with Crippen LogP contribution in [-0.2, 0) is 29.4 Å². The van der Waals surface area contributed by atoms with Gasteiger partial charge in [-0.15, -0.1) is 0 Å². The highest BCUT2D eigenvalue weighted by Crippen LogP contribution is 2.28. The number of hydrogen-bond donors (Lipinski definition) is 2. The molecule has 3 fully saturated rings. The maximum Gasteiger partial charge on any atom is 0.419 e. The lowest BCUT2D eigenvalue weighted by molar-refractivity contribution is -0.142. The molecule has 13 nitrogen and oxygen atoms in total. The first-order valence-corrected chi connectivity index (χ1v) is 18.1. The average molecular weight is 689 g/mol. The van der Waals surface area contributed by atoms with Crippen LogP contribution in [-0.4, -0.2) is 117 Å². The number of likely N-dealkylation sites (tertiary alicyclic amines) is 3. The quantitative estimate of drug-likeness (QED) is 0.385. The van der Waals surface area contributed by atoms with Crippen molar-refractivity contribution in [3.05, 3.63) is 63.6 Å². The molecule has 4 aliphatic rings. The number of carbonyl (C=O) groups is 3. The molecule has 7 rings (SSSR count). The summed E-state index contributed by atoms with van der Waals surface area (Å²) < 4.78 is 13.0. The molecular weight excluding hydrogens is 640 g/mol. The summed E-state index contributed by atoms with van der Waals surface area (Å²) in [4.78, 5) is 60.9. The predicted molar refractivity (Wildman–Crippen MR) is 187 cm³/mol. The maximum absolute atomic E-state index is 14.1. The van der Waals surface area contributed by atoms with Crippen LogP contribution >= 0.6 is 0 Å². The number of carbonyl (C=O) groups excluding carboxylic acids is 3. The van der Waals surface area contributed by atoms with Crippen LogP contribution in [0, 0.1) is 6.92 Å². The van der Waals surface area contributed by atoms with Crippen molar-refractivity contribution in [3.8, 4) is 0 Å². The third-order valence-corrected chi connectivity index (χ3v) is 11.3. The van der Waals surface area contributed by atoms with Crippen LogP contribution < -0.4 is 11.1 Å². The highest BCUT2D eigenvalue weighted by atomic mass is 16.6. The Kier molecular flexibility index (Phi) is 9.87. The van der Waals surface area contributed by atoms with Crippen LogP contribution in [0.15, 0.2) is 45.6 Å².